The van der Waals surface area contributed by atoms with Crippen LogP contribution in [-0.4, -0.2) is 81.5 Å². The van der Waals surface area contributed by atoms with Crippen molar-refractivity contribution in [2.45, 2.75) is 43.9 Å². The number of nitrogens with two attached hydrogens (primary N) is 1. The molecule has 0 aromatic heterocycles. The summed E-state index contributed by atoms with van der Waals surface area (Å²) >= 11 is 3.90. The molecule has 3 amide bonds. The Kier molecular flexibility index (Phi) is 11.0. The molecule has 13 heteroatoms. The van der Waals surface area contributed by atoms with Crippen molar-refractivity contribution in [3.05, 3.63) is 0 Å². The second-order valence-corrected chi connectivity index (χ2v) is 5.97. The number of carboxylic acids is 2. The van der Waals surface area contributed by atoms with Crippen LogP contribution in [0.2, 0.25) is 0 Å². The van der Waals surface area contributed by atoms with Gasteiger partial charge >= 0.3 is 11.9 Å². The van der Waals surface area contributed by atoms with Crippen molar-refractivity contribution in [2.75, 3.05) is 12.4 Å². The topological polar surface area (TPSA) is 208 Å². The molecule has 0 spiro atoms. The SMILES string of the molecule is CC(N)C(=O)NC(CCC(=O)O)C(=O)NC(CS)C(=O)NC(CO)C(=O)O. The van der Waals surface area contributed by atoms with Crippen LogP contribution < -0.4 is 21.7 Å². The summed E-state index contributed by atoms with van der Waals surface area (Å²) in [6, 6.07) is -5.08. The third-order valence-electron chi connectivity index (χ3n) is 3.31. The zero-order valence-electron chi connectivity index (χ0n) is 14.5. The van der Waals surface area contributed by atoms with E-state index in [0.29, 0.717) is 0 Å². The Balaban J connectivity index is 5.10. The highest BCUT2D eigenvalue weighted by Gasteiger charge is 2.29. The molecule has 0 aliphatic heterocycles. The number of aliphatic carboxylic acids is 2. The maximum Gasteiger partial charge on any atom is 0.328 e. The highest BCUT2D eigenvalue weighted by atomic mass is 32.1. The first kappa shape index (κ1) is 24.6. The second-order valence-electron chi connectivity index (χ2n) is 5.61. The molecule has 0 bridgehead atoms. The van der Waals surface area contributed by atoms with Crippen molar-refractivity contribution in [3.8, 4) is 0 Å². The van der Waals surface area contributed by atoms with Gasteiger partial charge in [-0.15, -0.1) is 0 Å². The number of hydrogen-bond donors (Lipinski definition) is 8. The van der Waals surface area contributed by atoms with E-state index in [2.05, 4.69) is 23.3 Å². The van der Waals surface area contributed by atoms with Gasteiger partial charge in [0.25, 0.3) is 0 Å². The molecule has 0 saturated carbocycles. The summed E-state index contributed by atoms with van der Waals surface area (Å²) in [5, 5.41) is 33.1. The van der Waals surface area contributed by atoms with Crippen LogP contribution in [0.15, 0.2) is 0 Å². The fourth-order valence-electron chi connectivity index (χ4n) is 1.76. The summed E-state index contributed by atoms with van der Waals surface area (Å²) in [5.74, 6) is -5.37. The number of carbonyl (C=O) groups excluding carboxylic acids is 3. The highest BCUT2D eigenvalue weighted by Crippen LogP contribution is 2.01. The average molecular weight is 408 g/mol. The van der Waals surface area contributed by atoms with Crippen molar-refractivity contribution in [1.82, 2.24) is 16.0 Å². The Morgan fingerprint density at radius 1 is 0.926 bits per heavy atom. The van der Waals surface area contributed by atoms with Crippen molar-refractivity contribution in [3.63, 3.8) is 0 Å². The lowest BCUT2D eigenvalue weighted by Gasteiger charge is -2.23. The quantitative estimate of drug-likeness (QED) is 0.152. The molecular formula is C14H24N4O8S. The molecular weight excluding hydrogens is 384 g/mol. The van der Waals surface area contributed by atoms with Crippen LogP contribution in [0.3, 0.4) is 0 Å². The number of nitrogens with one attached hydrogen (secondary N) is 3. The molecule has 4 unspecified atom stereocenters. The molecule has 0 fully saturated rings. The number of carbonyl (C=O) groups is 5. The van der Waals surface area contributed by atoms with E-state index in [1.807, 2.05) is 5.32 Å². The zero-order chi connectivity index (χ0) is 21.1. The smallest absolute Gasteiger partial charge is 0.328 e. The van der Waals surface area contributed by atoms with Gasteiger partial charge in [-0.3, -0.25) is 19.2 Å². The average Bonchev–Trinajstić information content (AvgIpc) is 2.59. The molecule has 0 heterocycles. The summed E-state index contributed by atoms with van der Waals surface area (Å²) < 4.78 is 0. The van der Waals surface area contributed by atoms with Crippen LogP contribution in [0.4, 0.5) is 0 Å². The number of carboxylic acid groups (broad SMARTS) is 2. The van der Waals surface area contributed by atoms with E-state index in [9.17, 15) is 24.0 Å². The third-order valence-corrected chi connectivity index (χ3v) is 3.67. The van der Waals surface area contributed by atoms with Crippen LogP contribution in [-0.2, 0) is 24.0 Å². The minimum Gasteiger partial charge on any atom is -0.481 e. The molecule has 154 valence electrons. The van der Waals surface area contributed by atoms with E-state index in [1.54, 1.807) is 0 Å². The predicted molar refractivity (Wildman–Crippen MR) is 94.9 cm³/mol. The molecule has 4 atom stereocenters. The van der Waals surface area contributed by atoms with Gasteiger partial charge in [0.05, 0.1) is 12.6 Å². The molecule has 0 aliphatic carbocycles. The largest absolute Gasteiger partial charge is 0.481 e. The number of thiol groups is 1. The maximum atomic E-state index is 12.3. The summed E-state index contributed by atoms with van der Waals surface area (Å²) in [6.45, 7) is 0.506. The fourth-order valence-corrected chi connectivity index (χ4v) is 2.02. The number of rotatable bonds is 12. The molecule has 0 rings (SSSR count). The lowest BCUT2D eigenvalue weighted by atomic mass is 10.1. The van der Waals surface area contributed by atoms with Crippen LogP contribution in [0.25, 0.3) is 0 Å². The van der Waals surface area contributed by atoms with E-state index in [4.69, 9.17) is 21.1 Å². The predicted octanol–water partition coefficient (Wildman–Crippen LogP) is -3.34. The van der Waals surface area contributed by atoms with Crippen LogP contribution in [0.1, 0.15) is 19.8 Å². The van der Waals surface area contributed by atoms with Gasteiger partial charge in [-0.1, -0.05) is 0 Å². The Labute approximate surface area is 160 Å². The lowest BCUT2D eigenvalue weighted by Crippen LogP contribution is -2.57. The van der Waals surface area contributed by atoms with Gasteiger partial charge in [-0.05, 0) is 13.3 Å². The normalized spacial score (nSPS) is 15.0. The van der Waals surface area contributed by atoms with Gasteiger partial charge < -0.3 is 37.0 Å². The molecule has 0 saturated heterocycles. The van der Waals surface area contributed by atoms with Gasteiger partial charge in [0.1, 0.15) is 18.1 Å². The Hall–Kier alpha value is -2.38. The highest BCUT2D eigenvalue weighted by molar-refractivity contribution is 7.80. The molecule has 0 aromatic carbocycles. The monoisotopic (exact) mass is 408 g/mol. The Morgan fingerprint density at radius 2 is 1.41 bits per heavy atom. The van der Waals surface area contributed by atoms with E-state index in [1.165, 1.54) is 6.92 Å². The fraction of sp³-hybridized carbons (Fsp3) is 0.643. The van der Waals surface area contributed by atoms with Crippen LogP contribution in [0, 0.1) is 0 Å². The standard InChI is InChI=1S/C14H24N4O8S/c1-6(15)11(22)16-7(2-3-10(20)21)12(23)18-9(5-27)13(24)17-8(4-19)14(25)26/h6-9,19,27H,2-5,15H2,1H3,(H,16,22)(H,17,24)(H,18,23)(H,20,21)(H,25,26). The first-order chi connectivity index (χ1) is 12.5. The minimum absolute atomic E-state index is 0.220. The van der Waals surface area contributed by atoms with E-state index >= 15 is 0 Å². The molecule has 12 nitrogen and oxygen atoms in total. The molecule has 0 radical (unpaired) electrons. The Morgan fingerprint density at radius 3 is 1.81 bits per heavy atom. The van der Waals surface area contributed by atoms with E-state index in [-0.39, 0.29) is 12.2 Å². The number of amides is 3. The zero-order valence-corrected chi connectivity index (χ0v) is 15.4. The second kappa shape index (κ2) is 12.1. The van der Waals surface area contributed by atoms with E-state index < -0.39 is 66.9 Å². The summed E-state index contributed by atoms with van der Waals surface area (Å²) in [5.41, 5.74) is 5.40. The summed E-state index contributed by atoms with van der Waals surface area (Å²) in [6.07, 6.45) is -0.685. The molecule has 0 aliphatic rings. The number of aliphatic hydroxyl groups excluding tert-OH is 1. The van der Waals surface area contributed by atoms with Gasteiger partial charge in [0.2, 0.25) is 17.7 Å². The summed E-state index contributed by atoms with van der Waals surface area (Å²) in [7, 11) is 0. The first-order valence-corrected chi connectivity index (χ1v) is 8.49. The van der Waals surface area contributed by atoms with Crippen molar-refractivity contribution >= 4 is 42.3 Å². The van der Waals surface area contributed by atoms with Crippen LogP contribution >= 0.6 is 12.6 Å². The van der Waals surface area contributed by atoms with Crippen molar-refractivity contribution in [2.24, 2.45) is 5.73 Å². The number of hydrogen-bond acceptors (Lipinski definition) is 8. The van der Waals surface area contributed by atoms with Crippen molar-refractivity contribution in [1.29, 1.82) is 0 Å². The number of aliphatic hydroxyl groups is 1. The van der Waals surface area contributed by atoms with Crippen LogP contribution in [0.5, 0.6) is 0 Å². The lowest BCUT2D eigenvalue weighted by molar-refractivity contribution is -0.143. The first-order valence-electron chi connectivity index (χ1n) is 7.86. The minimum atomic E-state index is -1.57. The maximum absolute atomic E-state index is 12.3. The third kappa shape index (κ3) is 9.21. The molecule has 27 heavy (non-hydrogen) atoms. The molecule has 0 aromatic rings. The van der Waals surface area contributed by atoms with Gasteiger partial charge in [-0.25, -0.2) is 4.79 Å². The van der Waals surface area contributed by atoms with E-state index in [0.717, 1.165) is 0 Å². The Bertz CT molecular complexity index is 571. The van der Waals surface area contributed by atoms with Crippen molar-refractivity contribution < 1.29 is 39.3 Å². The van der Waals surface area contributed by atoms with Gasteiger partial charge in [-0.2, -0.15) is 12.6 Å². The molecule has 8 N–H and O–H groups in total. The van der Waals surface area contributed by atoms with Gasteiger partial charge in [0.15, 0.2) is 0 Å². The van der Waals surface area contributed by atoms with Gasteiger partial charge in [0, 0.05) is 12.2 Å². The summed E-state index contributed by atoms with van der Waals surface area (Å²) in [4.78, 5) is 57.7.